The van der Waals surface area contributed by atoms with Crippen LogP contribution in [0.25, 0.3) is 0 Å². The molecular weight excluding hydrogens is 260 g/mol. The molecular formula is C18H30N2O. The highest BCUT2D eigenvalue weighted by atomic mass is 16.5. The lowest BCUT2D eigenvalue weighted by molar-refractivity contribution is 0.102. The van der Waals surface area contributed by atoms with Gasteiger partial charge in [-0.05, 0) is 38.3 Å². The first-order valence-corrected chi connectivity index (χ1v) is 8.31. The summed E-state index contributed by atoms with van der Waals surface area (Å²) in [5.74, 6) is 0. The zero-order valence-corrected chi connectivity index (χ0v) is 13.7. The number of benzene rings is 1. The van der Waals surface area contributed by atoms with E-state index in [-0.39, 0.29) is 0 Å². The van der Waals surface area contributed by atoms with E-state index < -0.39 is 0 Å². The second kappa shape index (κ2) is 8.52. The summed E-state index contributed by atoms with van der Waals surface area (Å²) in [6, 6.07) is 12.5. The number of nitrogens with one attached hydrogen (secondary N) is 1. The lowest BCUT2D eigenvalue weighted by Gasteiger charge is -2.35. The largest absolute Gasteiger partial charge is 0.383 e. The van der Waals surface area contributed by atoms with Gasteiger partial charge in [-0.2, -0.15) is 0 Å². The molecule has 0 amide bonds. The van der Waals surface area contributed by atoms with Gasteiger partial charge in [0.2, 0.25) is 0 Å². The summed E-state index contributed by atoms with van der Waals surface area (Å²) in [5, 5.41) is 3.74. The Bertz CT molecular complexity index is 391. The van der Waals surface area contributed by atoms with Crippen molar-refractivity contribution in [2.75, 3.05) is 26.8 Å². The fourth-order valence-electron chi connectivity index (χ4n) is 3.04. The molecule has 1 aromatic carbocycles. The van der Waals surface area contributed by atoms with Gasteiger partial charge in [-0.1, -0.05) is 37.3 Å². The molecule has 0 aromatic heterocycles. The molecule has 0 spiro atoms. The predicted molar refractivity (Wildman–Crippen MR) is 88.5 cm³/mol. The normalized spacial score (nSPS) is 17.9. The molecule has 21 heavy (non-hydrogen) atoms. The third kappa shape index (κ3) is 4.80. The van der Waals surface area contributed by atoms with E-state index in [0.29, 0.717) is 12.1 Å². The Morgan fingerprint density at radius 1 is 1.29 bits per heavy atom. The Morgan fingerprint density at radius 2 is 2.00 bits per heavy atom. The molecule has 3 heteroatoms. The average molecular weight is 290 g/mol. The lowest BCUT2D eigenvalue weighted by Crippen LogP contribution is -2.45. The minimum Gasteiger partial charge on any atom is -0.383 e. The zero-order chi connectivity index (χ0) is 15.1. The molecule has 2 rings (SSSR count). The van der Waals surface area contributed by atoms with Gasteiger partial charge in [0.1, 0.15) is 0 Å². The number of hydrogen-bond acceptors (Lipinski definition) is 3. The van der Waals surface area contributed by atoms with Crippen molar-refractivity contribution < 1.29 is 4.74 Å². The molecule has 2 atom stereocenters. The van der Waals surface area contributed by atoms with E-state index in [4.69, 9.17) is 4.74 Å². The zero-order valence-electron chi connectivity index (χ0n) is 13.7. The van der Waals surface area contributed by atoms with Crippen molar-refractivity contribution in [3.8, 4) is 0 Å². The van der Waals surface area contributed by atoms with Crippen LogP contribution in [0, 0.1) is 0 Å². The molecule has 1 aliphatic carbocycles. The van der Waals surface area contributed by atoms with E-state index in [9.17, 15) is 0 Å². The van der Waals surface area contributed by atoms with E-state index in [1.165, 1.54) is 18.4 Å². The first-order chi connectivity index (χ1) is 10.3. The highest BCUT2D eigenvalue weighted by Crippen LogP contribution is 2.32. The average Bonchev–Trinajstić information content (AvgIpc) is 3.34. The molecule has 0 heterocycles. The van der Waals surface area contributed by atoms with E-state index in [1.807, 2.05) is 0 Å². The third-order valence-electron chi connectivity index (χ3n) is 4.35. The van der Waals surface area contributed by atoms with Gasteiger partial charge in [0, 0.05) is 31.8 Å². The summed E-state index contributed by atoms with van der Waals surface area (Å²) in [7, 11) is 1.79. The lowest BCUT2D eigenvalue weighted by atomic mass is 9.98. The SMILES string of the molecule is CCCNC(c1ccccc1)C(C)N(CCOC)C1CC1. The van der Waals surface area contributed by atoms with E-state index >= 15 is 0 Å². The van der Waals surface area contributed by atoms with Gasteiger partial charge in [0.25, 0.3) is 0 Å². The molecule has 0 aliphatic heterocycles. The number of methoxy groups -OCH3 is 1. The monoisotopic (exact) mass is 290 g/mol. The van der Waals surface area contributed by atoms with Gasteiger partial charge in [-0.15, -0.1) is 0 Å². The maximum atomic E-state index is 5.30. The van der Waals surface area contributed by atoms with Crippen LogP contribution in [0.5, 0.6) is 0 Å². The van der Waals surface area contributed by atoms with Crippen LogP contribution >= 0.6 is 0 Å². The highest BCUT2D eigenvalue weighted by Gasteiger charge is 2.35. The topological polar surface area (TPSA) is 24.5 Å². The quantitative estimate of drug-likeness (QED) is 0.716. The molecule has 0 bridgehead atoms. The van der Waals surface area contributed by atoms with Gasteiger partial charge in [0.15, 0.2) is 0 Å². The van der Waals surface area contributed by atoms with Crippen LogP contribution in [0.4, 0.5) is 0 Å². The van der Waals surface area contributed by atoms with Crippen LogP contribution in [0.15, 0.2) is 30.3 Å². The number of nitrogens with zero attached hydrogens (tertiary/aromatic N) is 1. The van der Waals surface area contributed by atoms with Crippen LogP contribution in [0.2, 0.25) is 0 Å². The molecule has 0 radical (unpaired) electrons. The number of hydrogen-bond donors (Lipinski definition) is 1. The van der Waals surface area contributed by atoms with Crippen LogP contribution in [0.1, 0.15) is 44.7 Å². The van der Waals surface area contributed by atoms with Crippen molar-refractivity contribution in [3.05, 3.63) is 35.9 Å². The highest BCUT2D eigenvalue weighted by molar-refractivity contribution is 5.20. The summed E-state index contributed by atoms with van der Waals surface area (Å²) >= 11 is 0. The molecule has 1 fully saturated rings. The van der Waals surface area contributed by atoms with E-state index in [0.717, 1.165) is 32.2 Å². The third-order valence-corrected chi connectivity index (χ3v) is 4.35. The van der Waals surface area contributed by atoms with Crippen molar-refractivity contribution in [1.29, 1.82) is 0 Å². The van der Waals surface area contributed by atoms with Gasteiger partial charge in [0.05, 0.1) is 6.61 Å². The fraction of sp³-hybridized carbons (Fsp3) is 0.667. The van der Waals surface area contributed by atoms with Crippen molar-refractivity contribution in [2.24, 2.45) is 0 Å². The minimum atomic E-state index is 0.392. The van der Waals surface area contributed by atoms with Gasteiger partial charge in [-0.25, -0.2) is 0 Å². The summed E-state index contributed by atoms with van der Waals surface area (Å²) < 4.78 is 5.30. The Kier molecular flexibility index (Phi) is 6.68. The molecule has 2 unspecified atom stereocenters. The fourth-order valence-corrected chi connectivity index (χ4v) is 3.04. The van der Waals surface area contributed by atoms with E-state index in [1.54, 1.807) is 7.11 Å². The molecule has 3 nitrogen and oxygen atoms in total. The Morgan fingerprint density at radius 3 is 2.57 bits per heavy atom. The Hall–Kier alpha value is -0.900. The second-order valence-corrected chi connectivity index (χ2v) is 6.04. The van der Waals surface area contributed by atoms with Crippen LogP contribution < -0.4 is 5.32 Å². The first-order valence-electron chi connectivity index (χ1n) is 8.31. The summed E-state index contributed by atoms with van der Waals surface area (Å²) in [4.78, 5) is 2.63. The summed E-state index contributed by atoms with van der Waals surface area (Å²) in [6.07, 6.45) is 3.84. The van der Waals surface area contributed by atoms with Crippen molar-refractivity contribution >= 4 is 0 Å². The van der Waals surface area contributed by atoms with Gasteiger partial charge >= 0.3 is 0 Å². The number of ether oxygens (including phenoxy) is 1. The Balaban J connectivity index is 2.09. The maximum absolute atomic E-state index is 5.30. The first kappa shape index (κ1) is 16.5. The van der Waals surface area contributed by atoms with Crippen molar-refractivity contribution in [3.63, 3.8) is 0 Å². The number of rotatable bonds is 10. The standard InChI is InChI=1S/C18H30N2O/c1-4-12-19-18(16-8-6-5-7-9-16)15(2)20(13-14-21-3)17-10-11-17/h5-9,15,17-19H,4,10-14H2,1-3H3. The smallest absolute Gasteiger partial charge is 0.0589 e. The van der Waals surface area contributed by atoms with E-state index in [2.05, 4.69) is 54.4 Å². The minimum absolute atomic E-state index is 0.392. The molecule has 1 saturated carbocycles. The van der Waals surface area contributed by atoms with Crippen LogP contribution in [-0.2, 0) is 4.74 Å². The molecule has 1 aromatic rings. The van der Waals surface area contributed by atoms with Crippen molar-refractivity contribution in [1.82, 2.24) is 10.2 Å². The molecule has 118 valence electrons. The van der Waals surface area contributed by atoms with Gasteiger partial charge < -0.3 is 10.1 Å². The van der Waals surface area contributed by atoms with Crippen LogP contribution in [-0.4, -0.2) is 43.8 Å². The van der Waals surface area contributed by atoms with Crippen molar-refractivity contribution in [2.45, 2.75) is 51.2 Å². The molecule has 1 N–H and O–H groups in total. The molecule has 0 saturated heterocycles. The summed E-state index contributed by atoms with van der Waals surface area (Å²) in [6.45, 7) is 7.49. The maximum Gasteiger partial charge on any atom is 0.0589 e. The predicted octanol–water partition coefficient (Wildman–Crippen LogP) is 3.23. The van der Waals surface area contributed by atoms with Crippen LogP contribution in [0.3, 0.4) is 0 Å². The Labute approximate surface area is 129 Å². The second-order valence-electron chi connectivity index (χ2n) is 6.04. The summed E-state index contributed by atoms with van der Waals surface area (Å²) in [5.41, 5.74) is 1.39. The molecule has 1 aliphatic rings. The van der Waals surface area contributed by atoms with Gasteiger partial charge in [-0.3, -0.25) is 4.90 Å².